The monoisotopic (exact) mass is 341 g/mol. The number of rotatable bonds is 5. The molecule has 1 aromatic rings. The van der Waals surface area contributed by atoms with Crippen LogP contribution >= 0.6 is 23.4 Å². The van der Waals surface area contributed by atoms with Crippen molar-refractivity contribution < 1.29 is 27.9 Å². The van der Waals surface area contributed by atoms with E-state index >= 15 is 0 Å². The molecule has 1 rings (SSSR count). The second kappa shape index (κ2) is 6.57. The van der Waals surface area contributed by atoms with E-state index in [1.54, 1.807) is 24.3 Å². The molecule has 0 bridgehead atoms. The largest absolute Gasteiger partial charge is 0.479 e. The van der Waals surface area contributed by atoms with Gasteiger partial charge in [-0.1, -0.05) is 11.6 Å². The number of nitrogens with one attached hydrogen (secondary N) is 1. The van der Waals surface area contributed by atoms with E-state index < -0.39 is 23.6 Å². The average molecular weight is 342 g/mol. The third-order valence-electron chi connectivity index (χ3n) is 2.57. The summed E-state index contributed by atoms with van der Waals surface area (Å²) < 4.78 is 38.1. The van der Waals surface area contributed by atoms with E-state index in [1.165, 1.54) is 5.32 Å². The summed E-state index contributed by atoms with van der Waals surface area (Å²) in [5.74, 6) is -3.54. The van der Waals surface area contributed by atoms with Crippen LogP contribution < -0.4 is 5.32 Å². The van der Waals surface area contributed by atoms with Crippen molar-refractivity contribution in [2.24, 2.45) is 0 Å². The zero-order valence-electron chi connectivity index (χ0n) is 10.7. The van der Waals surface area contributed by atoms with Gasteiger partial charge in [-0.25, -0.2) is 4.79 Å². The van der Waals surface area contributed by atoms with Crippen molar-refractivity contribution in [3.05, 3.63) is 29.3 Å². The van der Waals surface area contributed by atoms with Crippen molar-refractivity contribution in [1.29, 1.82) is 0 Å². The summed E-state index contributed by atoms with van der Waals surface area (Å²) in [6, 6.07) is 6.33. The molecule has 1 aromatic carbocycles. The maximum atomic E-state index is 12.7. The summed E-state index contributed by atoms with van der Waals surface area (Å²) in [5, 5.41) is 10.7. The highest BCUT2D eigenvalue weighted by Crippen LogP contribution is 2.30. The Kier molecular flexibility index (Phi) is 5.52. The zero-order chi connectivity index (χ0) is 16.3. The molecule has 0 saturated heterocycles. The smallest absolute Gasteiger partial charge is 0.422 e. The number of aliphatic carboxylic acids is 1. The maximum absolute atomic E-state index is 12.7. The average Bonchev–Trinajstić information content (AvgIpc) is 2.36. The van der Waals surface area contributed by atoms with Crippen molar-refractivity contribution in [3.63, 3.8) is 0 Å². The van der Waals surface area contributed by atoms with Gasteiger partial charge >= 0.3 is 12.1 Å². The van der Waals surface area contributed by atoms with Crippen LogP contribution in [0.3, 0.4) is 0 Å². The Hall–Kier alpha value is -1.41. The molecule has 2 N–H and O–H groups in total. The lowest BCUT2D eigenvalue weighted by atomic mass is 10.0. The van der Waals surface area contributed by atoms with E-state index in [9.17, 15) is 22.8 Å². The minimum absolute atomic E-state index is 0.347. The molecule has 0 radical (unpaired) electrons. The van der Waals surface area contributed by atoms with Gasteiger partial charge in [-0.2, -0.15) is 13.2 Å². The number of carboxylic acid groups (broad SMARTS) is 1. The van der Waals surface area contributed by atoms with Crippen LogP contribution in [0.2, 0.25) is 5.02 Å². The summed E-state index contributed by atoms with van der Waals surface area (Å²) in [7, 11) is 0. The highest BCUT2D eigenvalue weighted by Gasteiger charge is 2.58. The zero-order valence-corrected chi connectivity index (χ0v) is 12.3. The number of carboxylic acids is 1. The van der Waals surface area contributed by atoms with Crippen molar-refractivity contribution in [3.8, 4) is 0 Å². The van der Waals surface area contributed by atoms with E-state index in [0.29, 0.717) is 16.8 Å². The minimum Gasteiger partial charge on any atom is -0.479 e. The molecule has 0 aromatic heterocycles. The molecule has 1 atom stereocenters. The number of carbonyl (C=O) groups excluding carboxylic acids is 1. The third kappa shape index (κ3) is 4.53. The van der Waals surface area contributed by atoms with Gasteiger partial charge in [0.25, 0.3) is 0 Å². The lowest BCUT2D eigenvalue weighted by Crippen LogP contribution is -2.62. The molecule has 21 heavy (non-hydrogen) atoms. The van der Waals surface area contributed by atoms with Crippen LogP contribution in [0.25, 0.3) is 0 Å². The fourth-order valence-electron chi connectivity index (χ4n) is 1.24. The Morgan fingerprint density at radius 1 is 1.29 bits per heavy atom. The first kappa shape index (κ1) is 17.6. The minimum atomic E-state index is -5.10. The van der Waals surface area contributed by atoms with Crippen LogP contribution in [-0.4, -0.2) is 34.5 Å². The molecule has 9 heteroatoms. The van der Waals surface area contributed by atoms with Crippen LogP contribution in [0.1, 0.15) is 6.92 Å². The number of hydrogen-bond acceptors (Lipinski definition) is 3. The van der Waals surface area contributed by atoms with Crippen LogP contribution in [0, 0.1) is 0 Å². The number of amides is 1. The first-order chi connectivity index (χ1) is 9.56. The number of alkyl halides is 3. The summed E-state index contributed by atoms with van der Waals surface area (Å²) in [6.45, 7) is 0.403. The lowest BCUT2D eigenvalue weighted by molar-refractivity contribution is -0.206. The van der Waals surface area contributed by atoms with Gasteiger partial charge < -0.3 is 10.4 Å². The first-order valence-corrected chi connectivity index (χ1v) is 6.92. The highest BCUT2D eigenvalue weighted by molar-refractivity contribution is 8.00. The molecular weight excluding hydrogens is 331 g/mol. The van der Waals surface area contributed by atoms with Crippen LogP contribution in [0.15, 0.2) is 29.2 Å². The molecule has 4 nitrogen and oxygen atoms in total. The first-order valence-electron chi connectivity index (χ1n) is 5.56. The quantitative estimate of drug-likeness (QED) is 0.808. The summed E-state index contributed by atoms with van der Waals surface area (Å²) >= 11 is 6.64. The molecule has 0 heterocycles. The number of hydrogen-bond donors (Lipinski definition) is 2. The fraction of sp³-hybridized carbons (Fsp3) is 0.333. The Morgan fingerprint density at radius 3 is 2.24 bits per heavy atom. The van der Waals surface area contributed by atoms with Gasteiger partial charge in [0, 0.05) is 9.92 Å². The van der Waals surface area contributed by atoms with Crippen molar-refractivity contribution >= 4 is 35.2 Å². The van der Waals surface area contributed by atoms with Crippen LogP contribution in [-0.2, 0) is 9.59 Å². The van der Waals surface area contributed by atoms with Gasteiger partial charge in [0.15, 0.2) is 0 Å². The van der Waals surface area contributed by atoms with Gasteiger partial charge in [-0.3, -0.25) is 4.79 Å². The van der Waals surface area contributed by atoms with Gasteiger partial charge in [0.05, 0.1) is 5.75 Å². The number of thioether (sulfide) groups is 1. The molecule has 0 aliphatic heterocycles. The standard InChI is InChI=1S/C12H11ClF3NO3S/c1-11(10(19)20,12(14,15)16)17-9(18)6-21-8-4-2-7(13)3-5-8/h2-5H,6H2,1H3,(H,17,18)(H,19,20). The summed E-state index contributed by atoms with van der Waals surface area (Å²) in [5.41, 5.74) is -3.31. The van der Waals surface area contributed by atoms with E-state index in [1.807, 2.05) is 0 Å². The molecular formula is C12H11ClF3NO3S. The van der Waals surface area contributed by atoms with E-state index in [4.69, 9.17) is 16.7 Å². The van der Waals surface area contributed by atoms with Gasteiger partial charge in [0.2, 0.25) is 11.4 Å². The molecule has 0 fully saturated rings. The summed E-state index contributed by atoms with van der Waals surface area (Å²) in [6.07, 6.45) is -5.10. The van der Waals surface area contributed by atoms with Gasteiger partial charge in [-0.15, -0.1) is 11.8 Å². The Labute approximate surface area is 127 Å². The second-order valence-corrected chi connectivity index (χ2v) is 5.70. The third-order valence-corrected chi connectivity index (χ3v) is 3.83. The maximum Gasteiger partial charge on any atom is 0.422 e. The van der Waals surface area contributed by atoms with Crippen molar-refractivity contribution in [1.82, 2.24) is 5.32 Å². The van der Waals surface area contributed by atoms with Crippen molar-refractivity contribution in [2.45, 2.75) is 23.5 Å². The topological polar surface area (TPSA) is 66.4 Å². The van der Waals surface area contributed by atoms with E-state index in [0.717, 1.165) is 11.8 Å². The molecule has 0 aliphatic carbocycles. The predicted molar refractivity (Wildman–Crippen MR) is 72.4 cm³/mol. The summed E-state index contributed by atoms with van der Waals surface area (Å²) in [4.78, 5) is 22.9. The van der Waals surface area contributed by atoms with Crippen LogP contribution in [0.4, 0.5) is 13.2 Å². The van der Waals surface area contributed by atoms with E-state index in [2.05, 4.69) is 0 Å². The van der Waals surface area contributed by atoms with Gasteiger partial charge in [0.1, 0.15) is 0 Å². The van der Waals surface area contributed by atoms with Crippen LogP contribution in [0.5, 0.6) is 0 Å². The molecule has 0 spiro atoms. The lowest BCUT2D eigenvalue weighted by Gasteiger charge is -2.28. The molecule has 1 amide bonds. The molecule has 0 aliphatic rings. The Balaban J connectivity index is 2.67. The Bertz CT molecular complexity index is 536. The predicted octanol–water partition coefficient (Wildman–Crippen LogP) is 2.95. The molecule has 1 unspecified atom stereocenters. The number of benzene rings is 1. The van der Waals surface area contributed by atoms with Crippen molar-refractivity contribution in [2.75, 3.05) is 5.75 Å². The number of carbonyl (C=O) groups is 2. The Morgan fingerprint density at radius 2 is 1.81 bits per heavy atom. The second-order valence-electron chi connectivity index (χ2n) is 4.22. The SMILES string of the molecule is CC(NC(=O)CSc1ccc(Cl)cc1)(C(=O)O)C(F)(F)F. The van der Waals surface area contributed by atoms with E-state index in [-0.39, 0.29) is 5.75 Å². The van der Waals surface area contributed by atoms with Gasteiger partial charge in [-0.05, 0) is 31.2 Å². The number of halogens is 4. The molecule has 116 valence electrons. The fourth-order valence-corrected chi connectivity index (χ4v) is 2.06. The molecule has 0 saturated carbocycles. The normalized spacial score (nSPS) is 14.3. The highest BCUT2D eigenvalue weighted by atomic mass is 35.5.